The Kier molecular flexibility index (Phi) is 4.99. The van der Waals surface area contributed by atoms with Gasteiger partial charge in [-0.15, -0.1) is 6.42 Å². The van der Waals surface area contributed by atoms with Crippen LogP contribution in [0.5, 0.6) is 5.88 Å². The molecular formula is C26H22N8O. The molecule has 0 saturated heterocycles. The minimum atomic E-state index is 0.403. The van der Waals surface area contributed by atoms with Crippen molar-refractivity contribution in [3.63, 3.8) is 0 Å². The maximum absolute atomic E-state index is 5.53. The molecule has 5 aromatic rings. The van der Waals surface area contributed by atoms with Gasteiger partial charge in [-0.05, 0) is 49.4 Å². The molecule has 9 heteroatoms. The summed E-state index contributed by atoms with van der Waals surface area (Å²) in [5.41, 5.74) is 6.09. The van der Waals surface area contributed by atoms with Crippen molar-refractivity contribution < 1.29 is 4.74 Å². The summed E-state index contributed by atoms with van der Waals surface area (Å²) in [5, 5.41) is 9.87. The first-order chi connectivity index (χ1) is 17.1. The van der Waals surface area contributed by atoms with E-state index < -0.39 is 0 Å². The molecule has 4 heterocycles. The minimum absolute atomic E-state index is 0.403. The van der Waals surface area contributed by atoms with Gasteiger partial charge < -0.3 is 4.74 Å². The third-order valence-corrected chi connectivity index (χ3v) is 6.15. The van der Waals surface area contributed by atoms with Crippen molar-refractivity contribution >= 4 is 11.0 Å². The highest BCUT2D eigenvalue weighted by Crippen LogP contribution is 2.44. The first kappa shape index (κ1) is 21.0. The van der Waals surface area contributed by atoms with Crippen LogP contribution in [0.3, 0.4) is 0 Å². The van der Waals surface area contributed by atoms with E-state index in [1.165, 1.54) is 0 Å². The van der Waals surface area contributed by atoms with Crippen LogP contribution in [0.2, 0.25) is 0 Å². The second kappa shape index (κ2) is 8.33. The van der Waals surface area contributed by atoms with E-state index >= 15 is 0 Å². The fourth-order valence-electron chi connectivity index (χ4n) is 4.24. The molecule has 35 heavy (non-hydrogen) atoms. The fraction of sp³-hybridized carbons (Fsp3) is 0.231. The molecule has 1 aliphatic carbocycles. The van der Waals surface area contributed by atoms with Crippen LogP contribution in [0.4, 0.5) is 0 Å². The normalized spacial score (nSPS) is 13.2. The second-order valence-electron chi connectivity index (χ2n) is 8.59. The summed E-state index contributed by atoms with van der Waals surface area (Å²) in [6.45, 7) is 2.54. The number of aromatic nitrogens is 8. The molecule has 9 nitrogen and oxygen atoms in total. The summed E-state index contributed by atoms with van der Waals surface area (Å²) in [6, 6.07) is 10.1. The molecule has 1 fully saturated rings. The van der Waals surface area contributed by atoms with Crippen LogP contribution in [0.1, 0.15) is 41.4 Å². The van der Waals surface area contributed by atoms with Crippen LogP contribution in [0.25, 0.3) is 28.1 Å². The smallest absolute Gasteiger partial charge is 0.227 e. The van der Waals surface area contributed by atoms with Crippen molar-refractivity contribution in [3.8, 4) is 35.3 Å². The number of ether oxygens (including phenoxy) is 1. The standard InChI is InChI=1S/C26H22N8O/c1-4-20-11-16(2)34(32-20)21-9-5-17(6-10-21)14-33-25-19(13-30-33)12-27-24(31-25)22-23(18-7-8-18)28-15-29-26(22)35-3/h1,5-6,9-13,15,18H,7-8,14H2,2-3H3. The van der Waals surface area contributed by atoms with Gasteiger partial charge in [0.15, 0.2) is 11.5 Å². The van der Waals surface area contributed by atoms with Gasteiger partial charge in [0.25, 0.3) is 0 Å². The number of rotatable bonds is 6. The van der Waals surface area contributed by atoms with Crippen LogP contribution < -0.4 is 4.74 Å². The molecule has 1 aliphatic rings. The lowest BCUT2D eigenvalue weighted by Gasteiger charge is -2.11. The highest BCUT2D eigenvalue weighted by Gasteiger charge is 2.31. The second-order valence-corrected chi connectivity index (χ2v) is 8.59. The Morgan fingerprint density at radius 3 is 2.66 bits per heavy atom. The van der Waals surface area contributed by atoms with Crippen LogP contribution in [0, 0.1) is 19.3 Å². The number of aryl methyl sites for hydroxylation is 1. The predicted octanol–water partition coefficient (Wildman–Crippen LogP) is 3.69. The predicted molar refractivity (Wildman–Crippen MR) is 130 cm³/mol. The van der Waals surface area contributed by atoms with Crippen molar-refractivity contribution in [3.05, 3.63) is 71.7 Å². The molecule has 0 aliphatic heterocycles. The van der Waals surface area contributed by atoms with Crippen LogP contribution in [0.15, 0.2) is 49.1 Å². The van der Waals surface area contributed by atoms with Crippen molar-refractivity contribution in [2.75, 3.05) is 7.11 Å². The molecule has 1 saturated carbocycles. The number of hydrogen-bond acceptors (Lipinski definition) is 7. The molecule has 6 rings (SSSR count). The van der Waals surface area contributed by atoms with Crippen molar-refractivity contribution in [2.24, 2.45) is 0 Å². The number of terminal acetylenes is 1. The largest absolute Gasteiger partial charge is 0.480 e. The van der Waals surface area contributed by atoms with Gasteiger partial charge in [-0.25, -0.2) is 29.3 Å². The first-order valence-electron chi connectivity index (χ1n) is 11.3. The van der Waals surface area contributed by atoms with E-state index in [1.54, 1.807) is 25.8 Å². The maximum Gasteiger partial charge on any atom is 0.227 e. The molecule has 172 valence electrons. The zero-order valence-electron chi connectivity index (χ0n) is 19.4. The molecule has 0 atom stereocenters. The highest BCUT2D eigenvalue weighted by atomic mass is 16.5. The van der Waals surface area contributed by atoms with Crippen molar-refractivity contribution in [1.82, 2.24) is 39.5 Å². The van der Waals surface area contributed by atoms with Gasteiger partial charge in [0.05, 0.1) is 36.6 Å². The number of benzene rings is 1. The van der Waals surface area contributed by atoms with Crippen LogP contribution >= 0.6 is 0 Å². The third-order valence-electron chi connectivity index (χ3n) is 6.15. The SMILES string of the molecule is C#Cc1cc(C)n(-c2ccc(Cn3ncc4cnc(-c5c(OC)ncnc5C5CC5)nc43)cc2)n1. The molecule has 1 aromatic carbocycles. The maximum atomic E-state index is 5.53. The number of nitrogens with zero attached hydrogens (tertiary/aromatic N) is 8. The van der Waals surface area contributed by atoms with Gasteiger partial charge >= 0.3 is 0 Å². The summed E-state index contributed by atoms with van der Waals surface area (Å²) < 4.78 is 9.25. The zero-order chi connectivity index (χ0) is 23.9. The third kappa shape index (κ3) is 3.79. The van der Waals surface area contributed by atoms with E-state index in [2.05, 4.69) is 43.2 Å². The molecule has 0 bridgehead atoms. The van der Waals surface area contributed by atoms with E-state index in [4.69, 9.17) is 16.1 Å². The fourth-order valence-corrected chi connectivity index (χ4v) is 4.24. The van der Waals surface area contributed by atoms with Gasteiger partial charge in [-0.3, -0.25) is 0 Å². The molecule has 0 unspecified atom stereocenters. The van der Waals surface area contributed by atoms with Gasteiger partial charge in [-0.1, -0.05) is 12.1 Å². The number of hydrogen-bond donors (Lipinski definition) is 0. The number of fused-ring (bicyclic) bond motifs is 1. The zero-order valence-corrected chi connectivity index (χ0v) is 19.4. The van der Waals surface area contributed by atoms with E-state index in [9.17, 15) is 0 Å². The minimum Gasteiger partial charge on any atom is -0.480 e. The first-order valence-corrected chi connectivity index (χ1v) is 11.3. The lowest BCUT2D eigenvalue weighted by Crippen LogP contribution is -2.06. The Labute approximate surface area is 201 Å². The van der Waals surface area contributed by atoms with Crippen molar-refractivity contribution in [1.29, 1.82) is 0 Å². The monoisotopic (exact) mass is 462 g/mol. The van der Waals surface area contributed by atoms with E-state index in [0.717, 1.165) is 52.1 Å². The molecule has 4 aromatic heterocycles. The van der Waals surface area contributed by atoms with E-state index in [-0.39, 0.29) is 0 Å². The van der Waals surface area contributed by atoms with Gasteiger partial charge in [-0.2, -0.15) is 10.2 Å². The Bertz CT molecular complexity index is 1590. The van der Waals surface area contributed by atoms with Gasteiger partial charge in [0.2, 0.25) is 5.88 Å². The lowest BCUT2D eigenvalue weighted by atomic mass is 10.1. The molecular weight excluding hydrogens is 440 g/mol. The Balaban J connectivity index is 1.33. The van der Waals surface area contributed by atoms with Crippen molar-refractivity contribution in [2.45, 2.75) is 32.2 Å². The average Bonchev–Trinajstić information content (AvgIpc) is 3.57. The molecule has 0 radical (unpaired) electrons. The Morgan fingerprint density at radius 1 is 1.11 bits per heavy atom. The molecule has 0 amide bonds. The Hall–Kier alpha value is -4.58. The number of methoxy groups -OCH3 is 1. The van der Waals surface area contributed by atoms with Gasteiger partial charge in [0, 0.05) is 17.8 Å². The highest BCUT2D eigenvalue weighted by molar-refractivity contribution is 5.77. The summed E-state index contributed by atoms with van der Waals surface area (Å²) in [4.78, 5) is 18.3. The summed E-state index contributed by atoms with van der Waals surface area (Å²) in [5.74, 6) is 4.02. The topological polar surface area (TPSA) is 96.4 Å². The average molecular weight is 463 g/mol. The van der Waals surface area contributed by atoms with Crippen LogP contribution in [-0.2, 0) is 6.54 Å². The summed E-state index contributed by atoms with van der Waals surface area (Å²) >= 11 is 0. The van der Waals surface area contributed by atoms with Crippen LogP contribution in [-0.4, -0.2) is 46.6 Å². The lowest BCUT2D eigenvalue weighted by molar-refractivity contribution is 0.397. The molecule has 0 N–H and O–H groups in total. The van der Waals surface area contributed by atoms with E-state index in [0.29, 0.717) is 29.9 Å². The molecule has 0 spiro atoms. The summed E-state index contributed by atoms with van der Waals surface area (Å²) in [6.07, 6.45) is 12.8. The van der Waals surface area contributed by atoms with E-state index in [1.807, 2.05) is 34.5 Å². The quantitative estimate of drug-likeness (QED) is 0.355. The van der Waals surface area contributed by atoms with Gasteiger partial charge in [0.1, 0.15) is 17.6 Å². The summed E-state index contributed by atoms with van der Waals surface area (Å²) in [7, 11) is 1.60. The Morgan fingerprint density at radius 2 is 1.94 bits per heavy atom.